The molecule has 0 bridgehead atoms. The Bertz CT molecular complexity index is 312. The van der Waals surface area contributed by atoms with Gasteiger partial charge in [0.25, 0.3) is 0 Å². The van der Waals surface area contributed by atoms with Crippen molar-refractivity contribution in [1.29, 1.82) is 0 Å². The highest BCUT2D eigenvalue weighted by molar-refractivity contribution is 5.97. The number of hydrogen-bond acceptors (Lipinski definition) is 2. The average Bonchev–Trinajstić information content (AvgIpc) is 2.15. The molecule has 0 fully saturated rings. The number of ketones is 1. The van der Waals surface area contributed by atoms with Gasteiger partial charge < -0.3 is 5.11 Å². The standard InChI is InChI=1S/C11H12O2/c1-9(13)11(8-12)7-10-5-3-2-4-6-10/h2-7,12H,8H2,1H3/b11-7+. The van der Waals surface area contributed by atoms with Crippen LogP contribution in [0.5, 0.6) is 0 Å². The Balaban J connectivity index is 2.92. The quantitative estimate of drug-likeness (QED) is 0.711. The first kappa shape index (κ1) is 9.68. The molecule has 68 valence electrons. The summed E-state index contributed by atoms with van der Waals surface area (Å²) in [6, 6.07) is 9.46. The zero-order valence-electron chi connectivity index (χ0n) is 7.53. The molecule has 0 radical (unpaired) electrons. The molecular weight excluding hydrogens is 164 g/mol. The van der Waals surface area contributed by atoms with Crippen LogP contribution in [0.4, 0.5) is 0 Å². The van der Waals surface area contributed by atoms with E-state index in [0.717, 1.165) is 5.56 Å². The fourth-order valence-corrected chi connectivity index (χ4v) is 1.01. The van der Waals surface area contributed by atoms with Gasteiger partial charge in [0, 0.05) is 5.57 Å². The molecular formula is C11H12O2. The first-order valence-corrected chi connectivity index (χ1v) is 4.11. The molecule has 1 rings (SSSR count). The Morgan fingerprint density at radius 1 is 1.38 bits per heavy atom. The van der Waals surface area contributed by atoms with Gasteiger partial charge in [-0.25, -0.2) is 0 Å². The van der Waals surface area contributed by atoms with Crippen LogP contribution in [0, 0.1) is 0 Å². The highest BCUT2D eigenvalue weighted by Crippen LogP contribution is 2.06. The van der Waals surface area contributed by atoms with Gasteiger partial charge in [-0.2, -0.15) is 0 Å². The molecule has 0 atom stereocenters. The van der Waals surface area contributed by atoms with Crippen LogP contribution in [0.15, 0.2) is 35.9 Å². The molecule has 0 saturated heterocycles. The summed E-state index contributed by atoms with van der Waals surface area (Å²) in [6.45, 7) is 1.25. The van der Waals surface area contributed by atoms with Gasteiger partial charge in [0.05, 0.1) is 6.61 Å². The van der Waals surface area contributed by atoms with Crippen molar-refractivity contribution < 1.29 is 9.90 Å². The minimum absolute atomic E-state index is 0.0913. The molecule has 0 aliphatic carbocycles. The summed E-state index contributed by atoms with van der Waals surface area (Å²) in [6.07, 6.45) is 1.70. The first-order chi connectivity index (χ1) is 6.24. The minimum atomic E-state index is -0.204. The van der Waals surface area contributed by atoms with Gasteiger partial charge in [0.2, 0.25) is 0 Å². The van der Waals surface area contributed by atoms with Crippen molar-refractivity contribution in [3.63, 3.8) is 0 Å². The minimum Gasteiger partial charge on any atom is -0.392 e. The molecule has 2 nitrogen and oxygen atoms in total. The summed E-state index contributed by atoms with van der Waals surface area (Å²) in [7, 11) is 0. The fourth-order valence-electron chi connectivity index (χ4n) is 1.01. The van der Waals surface area contributed by atoms with Crippen LogP contribution in [0.3, 0.4) is 0 Å². The van der Waals surface area contributed by atoms with Gasteiger partial charge in [0.15, 0.2) is 5.78 Å². The molecule has 1 aromatic carbocycles. The van der Waals surface area contributed by atoms with Crippen LogP contribution < -0.4 is 0 Å². The van der Waals surface area contributed by atoms with Crippen LogP contribution in [-0.2, 0) is 4.79 Å². The highest BCUT2D eigenvalue weighted by Gasteiger charge is 2.00. The average molecular weight is 176 g/mol. The Kier molecular flexibility index (Phi) is 3.41. The highest BCUT2D eigenvalue weighted by atomic mass is 16.3. The van der Waals surface area contributed by atoms with E-state index >= 15 is 0 Å². The number of carbonyl (C=O) groups excluding carboxylic acids is 1. The van der Waals surface area contributed by atoms with Crippen LogP contribution >= 0.6 is 0 Å². The van der Waals surface area contributed by atoms with Crippen molar-refractivity contribution in [1.82, 2.24) is 0 Å². The second kappa shape index (κ2) is 4.58. The molecule has 2 heteroatoms. The Morgan fingerprint density at radius 3 is 2.46 bits per heavy atom. The maximum absolute atomic E-state index is 11.0. The summed E-state index contributed by atoms with van der Waals surface area (Å²) in [4.78, 5) is 11.0. The SMILES string of the molecule is CC(=O)/C(=C/c1ccccc1)CO. The summed E-state index contributed by atoms with van der Waals surface area (Å²) in [5.41, 5.74) is 1.37. The molecule has 0 heterocycles. The summed E-state index contributed by atoms with van der Waals surface area (Å²) in [5, 5.41) is 8.87. The van der Waals surface area contributed by atoms with Crippen molar-refractivity contribution in [3.05, 3.63) is 41.5 Å². The van der Waals surface area contributed by atoms with E-state index in [-0.39, 0.29) is 12.4 Å². The Morgan fingerprint density at radius 2 is 2.00 bits per heavy atom. The summed E-state index contributed by atoms with van der Waals surface area (Å²) in [5.74, 6) is -0.0913. The lowest BCUT2D eigenvalue weighted by Crippen LogP contribution is -2.00. The van der Waals surface area contributed by atoms with Gasteiger partial charge >= 0.3 is 0 Å². The summed E-state index contributed by atoms with van der Waals surface area (Å²) < 4.78 is 0. The fraction of sp³-hybridized carbons (Fsp3) is 0.182. The van der Waals surface area contributed by atoms with Crippen LogP contribution in [0.2, 0.25) is 0 Å². The van der Waals surface area contributed by atoms with Crippen LogP contribution in [0.1, 0.15) is 12.5 Å². The lowest BCUT2D eigenvalue weighted by Gasteiger charge is -1.98. The van der Waals surface area contributed by atoms with E-state index in [2.05, 4.69) is 0 Å². The number of Topliss-reactive ketones (excluding diaryl/α,β-unsaturated/α-hetero) is 1. The zero-order valence-corrected chi connectivity index (χ0v) is 7.53. The van der Waals surface area contributed by atoms with Crippen molar-refractivity contribution >= 4 is 11.9 Å². The normalized spacial score (nSPS) is 11.4. The van der Waals surface area contributed by atoms with E-state index in [9.17, 15) is 4.79 Å². The topological polar surface area (TPSA) is 37.3 Å². The lowest BCUT2D eigenvalue weighted by atomic mass is 10.1. The smallest absolute Gasteiger partial charge is 0.158 e. The van der Waals surface area contributed by atoms with Crippen molar-refractivity contribution in [2.45, 2.75) is 6.92 Å². The first-order valence-electron chi connectivity index (χ1n) is 4.11. The molecule has 1 N–H and O–H groups in total. The Hall–Kier alpha value is -1.41. The van der Waals surface area contributed by atoms with Gasteiger partial charge in [-0.3, -0.25) is 4.79 Å². The summed E-state index contributed by atoms with van der Waals surface area (Å²) >= 11 is 0. The number of aliphatic hydroxyl groups is 1. The van der Waals surface area contributed by atoms with Crippen molar-refractivity contribution in [3.8, 4) is 0 Å². The molecule has 0 unspecified atom stereocenters. The van der Waals surface area contributed by atoms with Gasteiger partial charge in [-0.15, -0.1) is 0 Å². The van der Waals surface area contributed by atoms with Gasteiger partial charge in [-0.05, 0) is 18.6 Å². The number of hydrogen-bond donors (Lipinski definition) is 1. The van der Waals surface area contributed by atoms with E-state index in [4.69, 9.17) is 5.11 Å². The van der Waals surface area contributed by atoms with Crippen LogP contribution in [-0.4, -0.2) is 17.5 Å². The van der Waals surface area contributed by atoms with E-state index < -0.39 is 0 Å². The second-order valence-electron chi connectivity index (χ2n) is 2.79. The molecule has 13 heavy (non-hydrogen) atoms. The number of rotatable bonds is 3. The maximum atomic E-state index is 11.0. The number of benzene rings is 1. The third kappa shape index (κ3) is 2.84. The zero-order chi connectivity index (χ0) is 9.68. The van der Waals surface area contributed by atoms with Crippen molar-refractivity contribution in [2.24, 2.45) is 0 Å². The molecule has 0 spiro atoms. The molecule has 0 aromatic heterocycles. The molecule has 0 aliphatic rings. The lowest BCUT2D eigenvalue weighted by molar-refractivity contribution is -0.113. The largest absolute Gasteiger partial charge is 0.392 e. The third-order valence-corrected chi connectivity index (χ3v) is 1.76. The van der Waals surface area contributed by atoms with Crippen LogP contribution in [0.25, 0.3) is 6.08 Å². The maximum Gasteiger partial charge on any atom is 0.158 e. The predicted molar refractivity (Wildman–Crippen MR) is 52.2 cm³/mol. The van der Waals surface area contributed by atoms with Crippen molar-refractivity contribution in [2.75, 3.05) is 6.61 Å². The Labute approximate surface area is 77.5 Å². The number of aliphatic hydroxyl groups excluding tert-OH is 1. The van der Waals surface area contributed by atoms with E-state index in [1.54, 1.807) is 6.08 Å². The third-order valence-electron chi connectivity index (χ3n) is 1.76. The molecule has 0 amide bonds. The molecule has 0 saturated carbocycles. The van der Waals surface area contributed by atoms with E-state index in [1.807, 2.05) is 30.3 Å². The van der Waals surface area contributed by atoms with E-state index in [1.165, 1.54) is 6.92 Å². The molecule has 0 aliphatic heterocycles. The van der Waals surface area contributed by atoms with Gasteiger partial charge in [0.1, 0.15) is 0 Å². The number of carbonyl (C=O) groups is 1. The predicted octanol–water partition coefficient (Wildman–Crippen LogP) is 1.65. The second-order valence-corrected chi connectivity index (χ2v) is 2.79. The van der Waals surface area contributed by atoms with Gasteiger partial charge in [-0.1, -0.05) is 30.3 Å². The monoisotopic (exact) mass is 176 g/mol. The molecule has 1 aromatic rings. The van der Waals surface area contributed by atoms with E-state index in [0.29, 0.717) is 5.57 Å².